The maximum Gasteiger partial charge on any atom is 0.182 e. The first-order valence-electron chi connectivity index (χ1n) is 5.54. The summed E-state index contributed by atoms with van der Waals surface area (Å²) >= 11 is 0. The molecule has 2 fully saturated rings. The van der Waals surface area contributed by atoms with E-state index in [-0.39, 0.29) is 5.79 Å². The highest BCUT2D eigenvalue weighted by atomic mass is 16.7. The van der Waals surface area contributed by atoms with E-state index < -0.39 is 0 Å². The van der Waals surface area contributed by atoms with Crippen LogP contribution in [0.15, 0.2) is 0 Å². The van der Waals surface area contributed by atoms with E-state index in [4.69, 9.17) is 17.5 Å². The zero-order chi connectivity index (χ0) is 10.0. The number of ether oxygens (including phenoxy) is 2. The zero-order valence-electron chi connectivity index (χ0n) is 8.87. The summed E-state index contributed by atoms with van der Waals surface area (Å²) in [6.07, 6.45) is 3.41. The summed E-state index contributed by atoms with van der Waals surface area (Å²) in [5, 5.41) is 0. The van der Waals surface area contributed by atoms with Crippen LogP contribution < -0.4 is 0 Å². The molecular weight excluding hydrogens is 177 g/mol. The molecule has 0 bridgehead atoms. The van der Waals surface area contributed by atoms with Crippen molar-refractivity contribution in [2.75, 3.05) is 26.3 Å². The Hall–Kier alpha value is -0.0551. The molecule has 1 aliphatic heterocycles. The zero-order valence-corrected chi connectivity index (χ0v) is 8.87. The van der Waals surface area contributed by atoms with Gasteiger partial charge in [-0.2, -0.15) is 0 Å². The van der Waals surface area contributed by atoms with Crippen LogP contribution in [-0.4, -0.2) is 44.9 Å². The lowest BCUT2D eigenvalue weighted by molar-refractivity contribution is -0.182. The van der Waals surface area contributed by atoms with Crippen LogP contribution in [0.4, 0.5) is 0 Å². The lowest BCUT2D eigenvalue weighted by atomic mass is 10.00. The van der Waals surface area contributed by atoms with Crippen LogP contribution in [-0.2, 0) is 9.47 Å². The second-order valence-corrected chi connectivity index (χ2v) is 4.19. The number of nitrogens with zero attached hydrogens (tertiary/aromatic N) is 1. The minimum atomic E-state index is -0.285. The fourth-order valence-electron chi connectivity index (χ4n) is 2.51. The molecule has 1 atom stereocenters. The van der Waals surface area contributed by atoms with E-state index in [1.54, 1.807) is 0 Å². The Morgan fingerprint density at radius 2 is 2.14 bits per heavy atom. The van der Waals surface area contributed by atoms with Gasteiger partial charge < -0.3 is 14.3 Å². The molecule has 2 aliphatic rings. The molecular formula is C10H18BNO2. The molecule has 0 aromatic rings. The van der Waals surface area contributed by atoms with Crippen molar-refractivity contribution in [2.24, 2.45) is 5.92 Å². The number of rotatable bonds is 3. The fourth-order valence-corrected chi connectivity index (χ4v) is 2.51. The first kappa shape index (κ1) is 10.5. The van der Waals surface area contributed by atoms with Crippen molar-refractivity contribution < 1.29 is 9.47 Å². The third-order valence-corrected chi connectivity index (χ3v) is 3.34. The molecule has 0 N–H and O–H groups in total. The van der Waals surface area contributed by atoms with Gasteiger partial charge in [0.05, 0.1) is 13.2 Å². The van der Waals surface area contributed by atoms with E-state index in [9.17, 15) is 0 Å². The van der Waals surface area contributed by atoms with Crippen molar-refractivity contribution >= 4 is 7.98 Å². The van der Waals surface area contributed by atoms with Crippen LogP contribution in [0.5, 0.6) is 0 Å². The fraction of sp³-hybridized carbons (Fsp3) is 1.00. The summed E-state index contributed by atoms with van der Waals surface area (Å²) in [4.78, 5) is 1.85. The highest BCUT2D eigenvalue weighted by molar-refractivity contribution is 6.04. The van der Waals surface area contributed by atoms with Gasteiger partial charge in [-0.25, -0.2) is 0 Å². The van der Waals surface area contributed by atoms with E-state index in [0.29, 0.717) is 5.92 Å². The molecule has 3 nitrogen and oxygen atoms in total. The molecule has 78 valence electrons. The molecule has 1 unspecified atom stereocenters. The van der Waals surface area contributed by atoms with E-state index >= 15 is 0 Å². The molecule has 1 spiro atoms. The minimum absolute atomic E-state index is 0.285. The molecule has 0 aromatic carbocycles. The van der Waals surface area contributed by atoms with Crippen molar-refractivity contribution in [1.82, 2.24) is 4.81 Å². The first-order valence-corrected chi connectivity index (χ1v) is 5.54. The molecule has 1 heterocycles. The van der Waals surface area contributed by atoms with E-state index in [1.807, 2.05) is 4.81 Å². The summed E-state index contributed by atoms with van der Waals surface area (Å²) in [6.45, 7) is 5.32. The largest absolute Gasteiger partial charge is 0.353 e. The first-order chi connectivity index (χ1) is 6.77. The highest BCUT2D eigenvalue weighted by Gasteiger charge is 2.47. The molecule has 1 saturated carbocycles. The summed E-state index contributed by atoms with van der Waals surface area (Å²) in [6, 6.07) is 0. The van der Waals surface area contributed by atoms with Crippen LogP contribution in [0.25, 0.3) is 0 Å². The third kappa shape index (κ3) is 1.83. The molecule has 0 amide bonds. The van der Waals surface area contributed by atoms with Gasteiger partial charge in [0.25, 0.3) is 0 Å². The number of hydrogen-bond acceptors (Lipinski definition) is 3. The molecule has 4 heteroatoms. The summed E-state index contributed by atoms with van der Waals surface area (Å²) < 4.78 is 11.5. The Morgan fingerprint density at radius 1 is 1.43 bits per heavy atom. The Morgan fingerprint density at radius 3 is 2.79 bits per heavy atom. The normalized spacial score (nSPS) is 30.6. The van der Waals surface area contributed by atoms with Gasteiger partial charge >= 0.3 is 0 Å². The van der Waals surface area contributed by atoms with Gasteiger partial charge in [-0.15, -0.1) is 0 Å². The number of hydrogen-bond donors (Lipinski definition) is 0. The van der Waals surface area contributed by atoms with Gasteiger partial charge in [-0.1, -0.05) is 6.92 Å². The van der Waals surface area contributed by atoms with E-state index in [2.05, 4.69) is 6.92 Å². The monoisotopic (exact) mass is 195 g/mol. The van der Waals surface area contributed by atoms with Crippen LogP contribution in [0.1, 0.15) is 26.2 Å². The topological polar surface area (TPSA) is 21.7 Å². The molecule has 2 rings (SSSR count). The summed E-state index contributed by atoms with van der Waals surface area (Å²) in [7, 11) is 5.83. The van der Waals surface area contributed by atoms with Crippen molar-refractivity contribution in [2.45, 2.75) is 32.0 Å². The van der Waals surface area contributed by atoms with Gasteiger partial charge in [0.15, 0.2) is 13.8 Å². The quantitative estimate of drug-likeness (QED) is 0.625. The van der Waals surface area contributed by atoms with Gasteiger partial charge in [0.1, 0.15) is 0 Å². The Bertz CT molecular complexity index is 189. The third-order valence-electron chi connectivity index (χ3n) is 3.34. The predicted octanol–water partition coefficient (Wildman–Crippen LogP) is 0.935. The second kappa shape index (κ2) is 4.21. The van der Waals surface area contributed by atoms with Crippen molar-refractivity contribution in [3.8, 4) is 0 Å². The Balaban J connectivity index is 1.96. The van der Waals surface area contributed by atoms with Crippen LogP contribution in [0.3, 0.4) is 0 Å². The summed E-state index contributed by atoms with van der Waals surface area (Å²) in [5.41, 5.74) is 0. The van der Waals surface area contributed by atoms with Gasteiger partial charge in [0, 0.05) is 12.3 Å². The van der Waals surface area contributed by atoms with Crippen molar-refractivity contribution in [3.05, 3.63) is 0 Å². The highest BCUT2D eigenvalue weighted by Crippen LogP contribution is 2.42. The summed E-state index contributed by atoms with van der Waals surface area (Å²) in [5.74, 6) is 0.169. The van der Waals surface area contributed by atoms with Gasteiger partial charge in [-0.05, 0) is 25.9 Å². The Kier molecular flexibility index (Phi) is 3.15. The molecule has 1 saturated heterocycles. The lowest BCUT2D eigenvalue weighted by Crippen LogP contribution is -2.41. The van der Waals surface area contributed by atoms with Crippen molar-refractivity contribution in [1.29, 1.82) is 0 Å². The maximum atomic E-state index is 5.83. The van der Waals surface area contributed by atoms with Crippen LogP contribution >= 0.6 is 0 Å². The average molecular weight is 195 g/mol. The smallest absolute Gasteiger partial charge is 0.182 e. The molecule has 14 heavy (non-hydrogen) atoms. The van der Waals surface area contributed by atoms with E-state index in [1.165, 1.54) is 12.8 Å². The SMILES string of the molecule is [B]N(CC)CC1CCCC12OCCO2. The average Bonchev–Trinajstić information content (AvgIpc) is 2.79. The van der Waals surface area contributed by atoms with Gasteiger partial charge in [-0.3, -0.25) is 0 Å². The van der Waals surface area contributed by atoms with E-state index in [0.717, 1.165) is 32.7 Å². The molecule has 2 radical (unpaired) electrons. The maximum absolute atomic E-state index is 5.83. The molecule has 1 aliphatic carbocycles. The molecule has 0 aromatic heterocycles. The Labute approximate surface area is 87.2 Å². The predicted molar refractivity (Wildman–Crippen MR) is 55.0 cm³/mol. The van der Waals surface area contributed by atoms with Crippen LogP contribution in [0.2, 0.25) is 0 Å². The van der Waals surface area contributed by atoms with Crippen molar-refractivity contribution in [3.63, 3.8) is 0 Å². The standard InChI is InChI=1S/C10H18BNO2/c1-2-12(11)8-9-4-3-5-10(9)13-6-7-14-10/h9H,2-8H2,1H3. The second-order valence-electron chi connectivity index (χ2n) is 4.19. The lowest BCUT2D eigenvalue weighted by Gasteiger charge is -2.32. The van der Waals surface area contributed by atoms with Gasteiger partial charge in [0.2, 0.25) is 0 Å². The minimum Gasteiger partial charge on any atom is -0.353 e. The van der Waals surface area contributed by atoms with Crippen LogP contribution in [0, 0.1) is 5.92 Å².